The van der Waals surface area contributed by atoms with Gasteiger partial charge in [-0.3, -0.25) is 9.59 Å². The zero-order valence-electron chi connectivity index (χ0n) is 16.9. The second kappa shape index (κ2) is 8.18. The summed E-state index contributed by atoms with van der Waals surface area (Å²) in [7, 11) is 1.60. The van der Waals surface area contributed by atoms with Crippen molar-refractivity contribution in [1.29, 1.82) is 0 Å². The second-order valence-corrected chi connectivity index (χ2v) is 7.55. The van der Waals surface area contributed by atoms with E-state index in [1.165, 1.54) is 0 Å². The number of hydrogen-bond acceptors (Lipinski definition) is 4. The number of amides is 2. The molecule has 3 rings (SSSR count). The van der Waals surface area contributed by atoms with Crippen molar-refractivity contribution in [2.45, 2.75) is 26.3 Å². The lowest BCUT2D eigenvalue weighted by atomic mass is 10.1. The summed E-state index contributed by atoms with van der Waals surface area (Å²) in [4.78, 5) is 25.2. The molecule has 0 bridgehead atoms. The zero-order chi connectivity index (χ0) is 21.0. The summed E-state index contributed by atoms with van der Waals surface area (Å²) >= 11 is 0. The Morgan fingerprint density at radius 1 is 0.966 bits per heavy atom. The number of hydrogen-bond donors (Lipinski definition) is 2. The Bertz CT molecular complexity index is 1020. The number of anilines is 1. The number of carbonyl (C=O) groups excluding carboxylic acids is 2. The monoisotopic (exact) mass is 392 g/mol. The van der Waals surface area contributed by atoms with Gasteiger partial charge in [-0.2, -0.15) is 5.10 Å². The first-order chi connectivity index (χ1) is 13.8. The number of rotatable bonds is 5. The van der Waals surface area contributed by atoms with E-state index < -0.39 is 5.91 Å². The molecule has 2 amide bonds. The fourth-order valence-corrected chi connectivity index (χ4v) is 2.71. The molecule has 7 nitrogen and oxygen atoms in total. The van der Waals surface area contributed by atoms with Crippen molar-refractivity contribution in [3.63, 3.8) is 0 Å². The average Bonchev–Trinajstić information content (AvgIpc) is 3.17. The van der Waals surface area contributed by atoms with E-state index in [2.05, 4.69) is 15.7 Å². The maximum atomic E-state index is 12.7. The summed E-state index contributed by atoms with van der Waals surface area (Å²) in [6, 6.07) is 15.8. The van der Waals surface area contributed by atoms with E-state index in [1.54, 1.807) is 48.3 Å². The highest BCUT2D eigenvalue weighted by Gasteiger charge is 2.19. The molecule has 2 N–H and O–H groups in total. The zero-order valence-corrected chi connectivity index (χ0v) is 16.9. The highest BCUT2D eigenvalue weighted by Crippen LogP contribution is 2.18. The lowest BCUT2D eigenvalue weighted by molar-refractivity contribution is 0.0920. The van der Waals surface area contributed by atoms with Crippen LogP contribution in [0.1, 0.15) is 41.6 Å². The van der Waals surface area contributed by atoms with Crippen LogP contribution in [-0.4, -0.2) is 34.2 Å². The molecule has 1 heterocycles. The summed E-state index contributed by atoms with van der Waals surface area (Å²) in [5.41, 5.74) is 1.48. The number of nitrogens with one attached hydrogen (secondary N) is 2. The molecule has 0 aliphatic carbocycles. The molecule has 0 saturated carbocycles. The van der Waals surface area contributed by atoms with Gasteiger partial charge in [-0.05, 0) is 63.2 Å². The molecular weight excluding hydrogens is 368 g/mol. The van der Waals surface area contributed by atoms with Gasteiger partial charge in [-0.1, -0.05) is 12.1 Å². The first-order valence-corrected chi connectivity index (χ1v) is 9.20. The van der Waals surface area contributed by atoms with Gasteiger partial charge in [-0.25, -0.2) is 4.68 Å². The fourth-order valence-electron chi connectivity index (χ4n) is 2.71. The molecule has 0 fully saturated rings. The van der Waals surface area contributed by atoms with Crippen molar-refractivity contribution in [3.05, 3.63) is 72.1 Å². The van der Waals surface area contributed by atoms with Gasteiger partial charge in [0, 0.05) is 11.7 Å². The van der Waals surface area contributed by atoms with Crippen molar-refractivity contribution >= 4 is 17.5 Å². The van der Waals surface area contributed by atoms with E-state index in [9.17, 15) is 9.59 Å². The molecule has 0 radical (unpaired) electrons. The first kappa shape index (κ1) is 20.1. The van der Waals surface area contributed by atoms with Crippen molar-refractivity contribution in [3.8, 4) is 11.4 Å². The van der Waals surface area contributed by atoms with Gasteiger partial charge in [-0.15, -0.1) is 0 Å². The quantitative estimate of drug-likeness (QED) is 0.694. The summed E-state index contributed by atoms with van der Waals surface area (Å²) in [5.74, 6) is 0.0921. The Labute approximate surface area is 169 Å². The van der Waals surface area contributed by atoms with E-state index >= 15 is 0 Å². The summed E-state index contributed by atoms with van der Waals surface area (Å²) < 4.78 is 6.75. The largest absolute Gasteiger partial charge is 0.497 e. The van der Waals surface area contributed by atoms with Crippen LogP contribution in [0.5, 0.6) is 5.75 Å². The van der Waals surface area contributed by atoms with Crippen LogP contribution in [0.25, 0.3) is 5.69 Å². The smallest absolute Gasteiger partial charge is 0.276 e. The average molecular weight is 392 g/mol. The number of nitrogens with zero attached hydrogens (tertiary/aromatic N) is 2. The molecule has 0 aliphatic rings. The van der Waals surface area contributed by atoms with Gasteiger partial charge in [0.2, 0.25) is 0 Å². The number of ether oxygens (including phenoxy) is 1. The van der Waals surface area contributed by atoms with Crippen LogP contribution in [0, 0.1) is 0 Å². The van der Waals surface area contributed by atoms with Gasteiger partial charge in [0.25, 0.3) is 11.8 Å². The Kier molecular flexibility index (Phi) is 5.68. The van der Waals surface area contributed by atoms with E-state index in [0.29, 0.717) is 11.3 Å². The molecule has 0 saturated heterocycles. The maximum absolute atomic E-state index is 12.7. The molecule has 7 heteroatoms. The Balaban J connectivity index is 1.78. The number of aromatic nitrogens is 2. The molecule has 2 aromatic carbocycles. The van der Waals surface area contributed by atoms with E-state index in [0.717, 1.165) is 11.4 Å². The van der Waals surface area contributed by atoms with Crippen LogP contribution in [-0.2, 0) is 0 Å². The number of carbonyl (C=O) groups is 2. The topological polar surface area (TPSA) is 85.2 Å². The summed E-state index contributed by atoms with van der Waals surface area (Å²) in [6.07, 6.45) is 1.70. The van der Waals surface area contributed by atoms with Gasteiger partial charge in [0.1, 0.15) is 5.75 Å². The van der Waals surface area contributed by atoms with Crippen molar-refractivity contribution in [1.82, 2.24) is 15.1 Å². The summed E-state index contributed by atoms with van der Waals surface area (Å²) in [6.45, 7) is 5.70. The molecular formula is C22H24N4O3. The lowest BCUT2D eigenvalue weighted by Crippen LogP contribution is -2.40. The van der Waals surface area contributed by atoms with Crippen LogP contribution in [0.15, 0.2) is 60.8 Å². The molecule has 0 atom stereocenters. The van der Waals surface area contributed by atoms with Crippen LogP contribution in [0.3, 0.4) is 0 Å². The van der Waals surface area contributed by atoms with Gasteiger partial charge >= 0.3 is 0 Å². The number of methoxy groups -OCH3 is 1. The highest BCUT2D eigenvalue weighted by molar-refractivity contribution is 6.08. The Hall–Kier alpha value is -3.61. The minimum Gasteiger partial charge on any atom is -0.497 e. The molecule has 3 aromatic rings. The van der Waals surface area contributed by atoms with Gasteiger partial charge < -0.3 is 15.4 Å². The van der Waals surface area contributed by atoms with E-state index in [4.69, 9.17) is 4.74 Å². The maximum Gasteiger partial charge on any atom is 0.276 e. The minimum atomic E-state index is -0.395. The summed E-state index contributed by atoms with van der Waals surface area (Å²) in [5, 5.41) is 10.0. The van der Waals surface area contributed by atoms with E-state index in [1.807, 2.05) is 45.0 Å². The molecule has 150 valence electrons. The molecule has 1 aromatic heterocycles. The van der Waals surface area contributed by atoms with Gasteiger partial charge in [0.15, 0.2) is 5.69 Å². The normalized spacial score (nSPS) is 11.0. The van der Waals surface area contributed by atoms with Gasteiger partial charge in [0.05, 0.1) is 24.0 Å². The van der Waals surface area contributed by atoms with E-state index in [-0.39, 0.29) is 17.1 Å². The molecule has 29 heavy (non-hydrogen) atoms. The third-order valence-electron chi connectivity index (χ3n) is 4.07. The van der Waals surface area contributed by atoms with Crippen LogP contribution in [0.4, 0.5) is 5.69 Å². The molecule has 0 unspecified atom stereocenters. The number of benzene rings is 2. The van der Waals surface area contributed by atoms with Crippen LogP contribution < -0.4 is 15.4 Å². The Morgan fingerprint density at radius 2 is 1.66 bits per heavy atom. The van der Waals surface area contributed by atoms with Crippen molar-refractivity contribution in [2.75, 3.05) is 12.4 Å². The Morgan fingerprint density at radius 3 is 2.31 bits per heavy atom. The molecule has 0 aliphatic heterocycles. The fraction of sp³-hybridized carbons (Fsp3) is 0.227. The highest BCUT2D eigenvalue weighted by atomic mass is 16.5. The second-order valence-electron chi connectivity index (χ2n) is 7.55. The third-order valence-corrected chi connectivity index (χ3v) is 4.07. The minimum absolute atomic E-state index is 0.242. The standard InChI is InChI=1S/C22H24N4O3/c1-22(2,3)24-20(27)17-7-5-6-8-18(17)23-21(28)19-13-14-26(25-19)15-9-11-16(29-4)12-10-15/h5-14H,1-4H3,(H,23,28)(H,24,27). The third kappa shape index (κ3) is 5.01. The predicted molar refractivity (Wildman–Crippen MR) is 112 cm³/mol. The van der Waals surface area contributed by atoms with Crippen molar-refractivity contribution in [2.24, 2.45) is 0 Å². The molecule has 0 spiro atoms. The van der Waals surface area contributed by atoms with Crippen molar-refractivity contribution < 1.29 is 14.3 Å². The number of para-hydroxylation sites is 1. The first-order valence-electron chi connectivity index (χ1n) is 9.20. The van der Waals surface area contributed by atoms with Crippen LogP contribution in [0.2, 0.25) is 0 Å². The van der Waals surface area contributed by atoms with Crippen LogP contribution >= 0.6 is 0 Å². The lowest BCUT2D eigenvalue weighted by Gasteiger charge is -2.21. The SMILES string of the molecule is COc1ccc(-n2ccc(C(=O)Nc3ccccc3C(=O)NC(C)(C)C)n2)cc1. The predicted octanol–water partition coefficient (Wildman–Crippen LogP) is 3.66.